The van der Waals surface area contributed by atoms with Crippen molar-refractivity contribution < 1.29 is 9.13 Å². The SMILES string of the molecule is FC1(c2ccccc2)CCOC12c1ccccc1-c1ccccc12. The van der Waals surface area contributed by atoms with Crippen LogP contribution in [0.1, 0.15) is 23.1 Å². The minimum absolute atomic E-state index is 0.361. The molecule has 2 heteroatoms. The molecule has 2 aliphatic rings. The lowest BCUT2D eigenvalue weighted by atomic mass is 9.73. The minimum Gasteiger partial charge on any atom is -0.362 e. The van der Waals surface area contributed by atoms with E-state index in [0.717, 1.165) is 22.3 Å². The molecule has 1 saturated heterocycles. The monoisotopic (exact) mass is 316 g/mol. The van der Waals surface area contributed by atoms with Crippen LogP contribution in [0.5, 0.6) is 0 Å². The molecule has 0 aromatic heterocycles. The van der Waals surface area contributed by atoms with E-state index in [4.69, 9.17) is 4.74 Å². The quantitative estimate of drug-likeness (QED) is 0.600. The van der Waals surface area contributed by atoms with Gasteiger partial charge in [-0.25, -0.2) is 4.39 Å². The summed E-state index contributed by atoms with van der Waals surface area (Å²) in [5, 5.41) is 0. The minimum atomic E-state index is -1.57. The Labute approximate surface area is 140 Å². The third-order valence-electron chi connectivity index (χ3n) is 5.46. The summed E-state index contributed by atoms with van der Waals surface area (Å²) in [7, 11) is 0. The van der Waals surface area contributed by atoms with Gasteiger partial charge >= 0.3 is 0 Å². The Morgan fingerprint density at radius 2 is 1.25 bits per heavy atom. The van der Waals surface area contributed by atoms with Gasteiger partial charge < -0.3 is 4.74 Å². The first-order valence-corrected chi connectivity index (χ1v) is 8.35. The predicted molar refractivity (Wildman–Crippen MR) is 92.5 cm³/mol. The van der Waals surface area contributed by atoms with E-state index in [1.165, 1.54) is 0 Å². The van der Waals surface area contributed by atoms with E-state index in [-0.39, 0.29) is 0 Å². The second kappa shape index (κ2) is 4.78. The van der Waals surface area contributed by atoms with Crippen LogP contribution in [0.2, 0.25) is 0 Å². The Kier molecular flexibility index (Phi) is 2.77. The first-order chi connectivity index (χ1) is 11.8. The Bertz CT molecular complexity index is 873. The highest BCUT2D eigenvalue weighted by Crippen LogP contribution is 2.63. The molecule has 3 aromatic carbocycles. The summed E-state index contributed by atoms with van der Waals surface area (Å²) in [6.07, 6.45) is 0.361. The van der Waals surface area contributed by atoms with Crippen LogP contribution in [0.4, 0.5) is 4.39 Å². The number of benzene rings is 3. The Balaban J connectivity index is 1.87. The zero-order chi connectivity index (χ0) is 16.2. The van der Waals surface area contributed by atoms with Crippen molar-refractivity contribution in [1.82, 2.24) is 0 Å². The molecule has 0 amide bonds. The van der Waals surface area contributed by atoms with Crippen molar-refractivity contribution in [3.05, 3.63) is 95.6 Å². The van der Waals surface area contributed by atoms with Gasteiger partial charge in [0.25, 0.3) is 0 Å². The molecule has 0 radical (unpaired) electrons. The summed E-state index contributed by atoms with van der Waals surface area (Å²) in [4.78, 5) is 0. The molecule has 0 saturated carbocycles. The molecule has 1 spiro atoms. The summed E-state index contributed by atoms with van der Waals surface area (Å²) < 4.78 is 22.9. The van der Waals surface area contributed by atoms with Gasteiger partial charge in [-0.3, -0.25) is 0 Å². The molecule has 1 aliphatic carbocycles. The molecule has 24 heavy (non-hydrogen) atoms. The summed E-state index contributed by atoms with van der Waals surface area (Å²) in [5.74, 6) is 0. The standard InChI is InChI=1S/C22H17FO/c23-21(16-8-2-1-3-9-16)14-15-24-22(21)19-12-6-4-10-17(19)18-11-5-7-13-20(18)22/h1-13H,14-15H2. The molecule has 3 aromatic rings. The van der Waals surface area contributed by atoms with Crippen LogP contribution in [0.3, 0.4) is 0 Å². The number of alkyl halides is 1. The van der Waals surface area contributed by atoms with Gasteiger partial charge in [-0.15, -0.1) is 0 Å². The van der Waals surface area contributed by atoms with Gasteiger partial charge in [0.1, 0.15) is 0 Å². The van der Waals surface area contributed by atoms with Crippen LogP contribution < -0.4 is 0 Å². The number of rotatable bonds is 1. The van der Waals surface area contributed by atoms with Crippen LogP contribution in [-0.4, -0.2) is 6.61 Å². The van der Waals surface area contributed by atoms with Crippen molar-refractivity contribution in [3.8, 4) is 11.1 Å². The number of halogens is 1. The van der Waals surface area contributed by atoms with E-state index in [2.05, 4.69) is 12.1 Å². The second-order valence-electron chi connectivity index (χ2n) is 6.54. The summed E-state index contributed by atoms with van der Waals surface area (Å²) in [5.41, 5.74) is 2.10. The van der Waals surface area contributed by atoms with Crippen molar-refractivity contribution in [2.24, 2.45) is 0 Å². The van der Waals surface area contributed by atoms with Crippen molar-refractivity contribution >= 4 is 0 Å². The van der Waals surface area contributed by atoms with Gasteiger partial charge in [-0.05, 0) is 27.8 Å². The molecular weight excluding hydrogens is 299 g/mol. The lowest BCUT2D eigenvalue weighted by Gasteiger charge is -2.38. The summed E-state index contributed by atoms with van der Waals surface area (Å²) in [6, 6.07) is 25.6. The van der Waals surface area contributed by atoms with Gasteiger partial charge in [0.2, 0.25) is 0 Å². The Hall–Kier alpha value is -2.45. The Morgan fingerprint density at radius 1 is 0.708 bits per heavy atom. The van der Waals surface area contributed by atoms with Crippen molar-refractivity contribution in [3.63, 3.8) is 0 Å². The highest BCUT2D eigenvalue weighted by Gasteiger charge is 2.63. The number of fused-ring (bicyclic) bond motifs is 5. The molecule has 118 valence electrons. The third-order valence-corrected chi connectivity index (χ3v) is 5.46. The average Bonchev–Trinajstić information content (AvgIpc) is 3.15. The Morgan fingerprint density at radius 3 is 1.88 bits per heavy atom. The lowest BCUT2D eigenvalue weighted by Crippen LogP contribution is -2.42. The number of hydrogen-bond donors (Lipinski definition) is 0. The summed E-state index contributed by atoms with van der Waals surface area (Å²) in [6.45, 7) is 0.411. The largest absolute Gasteiger partial charge is 0.362 e. The number of ether oxygens (including phenoxy) is 1. The van der Waals surface area contributed by atoms with Gasteiger partial charge in [0.05, 0.1) is 6.61 Å². The molecule has 5 rings (SSSR count). The number of hydrogen-bond acceptors (Lipinski definition) is 1. The maximum Gasteiger partial charge on any atom is 0.175 e. The molecule has 1 unspecified atom stereocenters. The molecule has 1 aliphatic heterocycles. The van der Waals surface area contributed by atoms with Crippen molar-refractivity contribution in [1.29, 1.82) is 0 Å². The van der Waals surface area contributed by atoms with Crippen molar-refractivity contribution in [2.75, 3.05) is 6.61 Å². The zero-order valence-electron chi connectivity index (χ0n) is 13.2. The van der Waals surface area contributed by atoms with Crippen LogP contribution in [0.15, 0.2) is 78.9 Å². The van der Waals surface area contributed by atoms with Gasteiger partial charge in [0, 0.05) is 6.42 Å². The van der Waals surface area contributed by atoms with Gasteiger partial charge in [-0.2, -0.15) is 0 Å². The van der Waals surface area contributed by atoms with E-state index < -0.39 is 11.3 Å². The topological polar surface area (TPSA) is 9.23 Å². The van der Waals surface area contributed by atoms with E-state index in [1.807, 2.05) is 66.7 Å². The van der Waals surface area contributed by atoms with Crippen LogP contribution in [-0.2, 0) is 16.0 Å². The first kappa shape index (κ1) is 13.9. The fourth-order valence-corrected chi connectivity index (χ4v) is 4.46. The fourth-order valence-electron chi connectivity index (χ4n) is 4.46. The van der Waals surface area contributed by atoms with Crippen LogP contribution in [0.25, 0.3) is 11.1 Å². The maximum atomic E-state index is 16.6. The summed E-state index contributed by atoms with van der Waals surface area (Å²) >= 11 is 0. The maximum absolute atomic E-state index is 16.6. The van der Waals surface area contributed by atoms with Crippen LogP contribution in [0, 0.1) is 0 Å². The fraction of sp³-hybridized carbons (Fsp3) is 0.182. The normalized spacial score (nSPS) is 23.2. The first-order valence-electron chi connectivity index (χ1n) is 8.35. The molecule has 1 heterocycles. The second-order valence-corrected chi connectivity index (χ2v) is 6.54. The van der Waals surface area contributed by atoms with E-state index in [0.29, 0.717) is 18.6 Å². The van der Waals surface area contributed by atoms with Crippen molar-refractivity contribution in [2.45, 2.75) is 17.7 Å². The van der Waals surface area contributed by atoms with Crippen LogP contribution >= 0.6 is 0 Å². The van der Waals surface area contributed by atoms with Gasteiger partial charge in [0.15, 0.2) is 11.3 Å². The predicted octanol–water partition coefficient (Wildman–Crippen LogP) is 5.20. The molecule has 1 nitrogen and oxygen atoms in total. The highest BCUT2D eigenvalue weighted by molar-refractivity contribution is 5.81. The third kappa shape index (κ3) is 1.52. The molecule has 1 atom stereocenters. The van der Waals surface area contributed by atoms with E-state index >= 15 is 4.39 Å². The molecule has 0 N–H and O–H groups in total. The smallest absolute Gasteiger partial charge is 0.175 e. The van der Waals surface area contributed by atoms with E-state index in [1.54, 1.807) is 0 Å². The average molecular weight is 316 g/mol. The molecular formula is C22H17FO. The van der Waals surface area contributed by atoms with Gasteiger partial charge in [-0.1, -0.05) is 78.9 Å². The molecule has 1 fully saturated rings. The highest BCUT2D eigenvalue weighted by atomic mass is 19.1. The van der Waals surface area contributed by atoms with E-state index in [9.17, 15) is 0 Å². The zero-order valence-corrected chi connectivity index (χ0v) is 13.2. The molecule has 0 bridgehead atoms. The lowest BCUT2D eigenvalue weighted by molar-refractivity contribution is -0.0529.